The minimum atomic E-state index is 0.106. The van der Waals surface area contributed by atoms with Crippen molar-refractivity contribution in [3.05, 3.63) is 29.9 Å². The van der Waals surface area contributed by atoms with E-state index in [1.807, 2.05) is 20.0 Å². The van der Waals surface area contributed by atoms with E-state index in [1.165, 1.54) is 0 Å². The predicted octanol–water partition coefficient (Wildman–Crippen LogP) is 2.11. The van der Waals surface area contributed by atoms with Crippen LogP contribution in [0.25, 0.3) is 11.5 Å². The molecule has 0 fully saturated rings. The summed E-state index contributed by atoms with van der Waals surface area (Å²) in [6.07, 6.45) is 4.43. The van der Waals surface area contributed by atoms with Crippen molar-refractivity contribution in [3.63, 3.8) is 0 Å². The first-order chi connectivity index (χ1) is 8.24. The van der Waals surface area contributed by atoms with Gasteiger partial charge in [0, 0.05) is 12.4 Å². The molecule has 1 N–H and O–H groups in total. The molecule has 0 aliphatic heterocycles. The normalized spacial score (nSPS) is 12.6. The van der Waals surface area contributed by atoms with E-state index in [0.717, 1.165) is 17.5 Å². The highest BCUT2D eigenvalue weighted by Gasteiger charge is 2.15. The van der Waals surface area contributed by atoms with E-state index < -0.39 is 0 Å². The first-order valence-electron chi connectivity index (χ1n) is 5.67. The van der Waals surface area contributed by atoms with Crippen molar-refractivity contribution in [1.29, 1.82) is 0 Å². The maximum Gasteiger partial charge on any atom is 0.249 e. The molecule has 0 aromatic carbocycles. The Morgan fingerprint density at radius 2 is 2.18 bits per heavy atom. The second kappa shape index (κ2) is 5.05. The predicted molar refractivity (Wildman–Crippen MR) is 64.4 cm³/mol. The summed E-state index contributed by atoms with van der Waals surface area (Å²) in [5.74, 6) is 1.14. The van der Waals surface area contributed by atoms with E-state index >= 15 is 0 Å². The number of nitrogens with zero attached hydrogens (tertiary/aromatic N) is 3. The summed E-state index contributed by atoms with van der Waals surface area (Å²) in [6, 6.07) is 2.08. The Kier molecular flexibility index (Phi) is 3.49. The molecule has 2 rings (SSSR count). The minimum Gasteiger partial charge on any atom is -0.419 e. The quantitative estimate of drug-likeness (QED) is 0.874. The molecule has 5 heteroatoms. The van der Waals surface area contributed by atoms with Crippen LogP contribution in [0, 0.1) is 6.92 Å². The Bertz CT molecular complexity index is 491. The molecule has 1 atom stereocenters. The molecule has 0 aliphatic rings. The number of hydrogen-bond donors (Lipinski definition) is 1. The van der Waals surface area contributed by atoms with Crippen LogP contribution in [0.2, 0.25) is 0 Å². The van der Waals surface area contributed by atoms with Crippen LogP contribution in [0.4, 0.5) is 0 Å². The first-order valence-corrected chi connectivity index (χ1v) is 5.67. The molecule has 2 heterocycles. The molecule has 90 valence electrons. The Labute approximate surface area is 100 Å². The van der Waals surface area contributed by atoms with Crippen molar-refractivity contribution >= 4 is 0 Å². The largest absolute Gasteiger partial charge is 0.419 e. The van der Waals surface area contributed by atoms with Crippen LogP contribution < -0.4 is 5.32 Å². The smallest absolute Gasteiger partial charge is 0.249 e. The summed E-state index contributed by atoms with van der Waals surface area (Å²) in [5, 5.41) is 11.2. The average molecular weight is 232 g/mol. The molecule has 2 aromatic heterocycles. The summed E-state index contributed by atoms with van der Waals surface area (Å²) < 4.78 is 5.64. The van der Waals surface area contributed by atoms with Gasteiger partial charge in [0.25, 0.3) is 0 Å². The van der Waals surface area contributed by atoms with Gasteiger partial charge in [-0.2, -0.15) is 0 Å². The molecule has 17 heavy (non-hydrogen) atoms. The van der Waals surface area contributed by atoms with Crippen LogP contribution in [0.3, 0.4) is 0 Å². The van der Waals surface area contributed by atoms with Gasteiger partial charge in [-0.1, -0.05) is 6.92 Å². The Morgan fingerprint density at radius 3 is 2.82 bits per heavy atom. The van der Waals surface area contributed by atoms with Crippen molar-refractivity contribution < 1.29 is 4.42 Å². The zero-order valence-electron chi connectivity index (χ0n) is 10.3. The molecule has 0 radical (unpaired) electrons. The lowest BCUT2D eigenvalue weighted by atomic mass is 10.2. The second-order valence-electron chi connectivity index (χ2n) is 3.95. The molecule has 0 aliphatic carbocycles. The van der Waals surface area contributed by atoms with E-state index in [4.69, 9.17) is 4.42 Å². The van der Waals surface area contributed by atoms with E-state index in [1.54, 1.807) is 12.4 Å². The summed E-state index contributed by atoms with van der Waals surface area (Å²) in [4.78, 5) is 4.11. The van der Waals surface area contributed by atoms with E-state index in [0.29, 0.717) is 11.8 Å². The fraction of sp³-hybridized carbons (Fsp3) is 0.417. The third-order valence-corrected chi connectivity index (χ3v) is 2.62. The number of rotatable bonds is 4. The molecular weight excluding hydrogens is 216 g/mol. The lowest BCUT2D eigenvalue weighted by molar-refractivity contribution is 0.415. The molecule has 0 amide bonds. The molecule has 0 bridgehead atoms. The summed E-state index contributed by atoms with van der Waals surface area (Å²) >= 11 is 0. The van der Waals surface area contributed by atoms with Crippen LogP contribution in [0.1, 0.15) is 30.8 Å². The molecule has 0 saturated heterocycles. The zero-order chi connectivity index (χ0) is 12.3. The first kappa shape index (κ1) is 11.7. The van der Waals surface area contributed by atoms with Crippen molar-refractivity contribution in [1.82, 2.24) is 20.5 Å². The van der Waals surface area contributed by atoms with Crippen molar-refractivity contribution in [2.24, 2.45) is 0 Å². The van der Waals surface area contributed by atoms with E-state index in [9.17, 15) is 0 Å². The van der Waals surface area contributed by atoms with Crippen molar-refractivity contribution in [2.45, 2.75) is 26.3 Å². The van der Waals surface area contributed by atoms with Crippen LogP contribution in [0.5, 0.6) is 0 Å². The van der Waals surface area contributed by atoms with Gasteiger partial charge >= 0.3 is 0 Å². The van der Waals surface area contributed by atoms with E-state index in [2.05, 4.69) is 27.4 Å². The van der Waals surface area contributed by atoms with Crippen LogP contribution >= 0.6 is 0 Å². The molecule has 1 unspecified atom stereocenters. The Morgan fingerprint density at radius 1 is 1.35 bits per heavy atom. The maximum absolute atomic E-state index is 5.64. The van der Waals surface area contributed by atoms with Gasteiger partial charge in [0.05, 0.1) is 11.6 Å². The number of aromatic nitrogens is 3. The Hall–Kier alpha value is -1.75. The van der Waals surface area contributed by atoms with Gasteiger partial charge < -0.3 is 9.73 Å². The molecule has 0 spiro atoms. The second-order valence-corrected chi connectivity index (χ2v) is 3.95. The van der Waals surface area contributed by atoms with Gasteiger partial charge in [-0.05, 0) is 32.0 Å². The Balaban J connectivity index is 2.29. The highest BCUT2D eigenvalue weighted by Crippen LogP contribution is 2.21. The van der Waals surface area contributed by atoms with Gasteiger partial charge in [0.15, 0.2) is 0 Å². The molecular formula is C12H16N4O. The van der Waals surface area contributed by atoms with Gasteiger partial charge in [0.1, 0.15) is 0 Å². The van der Waals surface area contributed by atoms with Gasteiger partial charge in [-0.3, -0.25) is 4.98 Å². The van der Waals surface area contributed by atoms with Crippen molar-refractivity contribution in [2.75, 3.05) is 7.05 Å². The zero-order valence-corrected chi connectivity index (χ0v) is 10.3. The lowest BCUT2D eigenvalue weighted by Crippen LogP contribution is -2.15. The van der Waals surface area contributed by atoms with E-state index in [-0.39, 0.29) is 6.04 Å². The molecule has 2 aromatic rings. The average Bonchev–Trinajstić information content (AvgIpc) is 2.80. The standard InChI is InChI=1S/C12H16N4O/c1-4-10(13-3)12-16-15-11(17-12)9-5-8(2)6-14-7-9/h5-7,10,13H,4H2,1-3H3. The maximum atomic E-state index is 5.64. The van der Waals surface area contributed by atoms with Crippen LogP contribution in [-0.2, 0) is 0 Å². The van der Waals surface area contributed by atoms with Crippen LogP contribution in [-0.4, -0.2) is 22.2 Å². The number of hydrogen-bond acceptors (Lipinski definition) is 5. The summed E-state index contributed by atoms with van der Waals surface area (Å²) in [6.45, 7) is 4.05. The summed E-state index contributed by atoms with van der Waals surface area (Å²) in [7, 11) is 1.88. The van der Waals surface area contributed by atoms with Crippen molar-refractivity contribution in [3.8, 4) is 11.5 Å². The minimum absolute atomic E-state index is 0.106. The highest BCUT2D eigenvalue weighted by molar-refractivity contribution is 5.51. The lowest BCUT2D eigenvalue weighted by Gasteiger charge is -2.07. The summed E-state index contributed by atoms with van der Waals surface area (Å²) in [5.41, 5.74) is 1.93. The third-order valence-electron chi connectivity index (χ3n) is 2.62. The number of aryl methyl sites for hydroxylation is 1. The number of pyridine rings is 1. The fourth-order valence-corrected chi connectivity index (χ4v) is 1.67. The van der Waals surface area contributed by atoms with Gasteiger partial charge in [-0.25, -0.2) is 0 Å². The topological polar surface area (TPSA) is 63.8 Å². The molecule has 0 saturated carbocycles. The fourth-order valence-electron chi connectivity index (χ4n) is 1.67. The highest BCUT2D eigenvalue weighted by atomic mass is 16.4. The SMILES string of the molecule is CCC(NC)c1nnc(-c2cncc(C)c2)o1. The van der Waals surface area contributed by atoms with Crippen LogP contribution in [0.15, 0.2) is 22.9 Å². The molecule has 5 nitrogen and oxygen atoms in total. The third kappa shape index (κ3) is 2.50. The van der Waals surface area contributed by atoms with Gasteiger partial charge in [-0.15, -0.1) is 10.2 Å². The number of nitrogens with one attached hydrogen (secondary N) is 1. The van der Waals surface area contributed by atoms with Gasteiger partial charge in [0.2, 0.25) is 11.8 Å². The monoisotopic (exact) mass is 232 g/mol.